The number of rotatable bonds is 7. The van der Waals surface area contributed by atoms with Gasteiger partial charge in [-0.2, -0.15) is 0 Å². The average molecular weight is 279 g/mol. The first-order valence-electron chi connectivity index (χ1n) is 5.96. The second-order valence-corrected chi connectivity index (χ2v) is 3.88. The Bertz CT molecular complexity index is 510. The third-order valence-electron chi connectivity index (χ3n) is 2.49. The summed E-state index contributed by atoms with van der Waals surface area (Å²) in [6, 6.07) is 5.23. The maximum atomic E-state index is 11.5. The summed E-state index contributed by atoms with van der Waals surface area (Å²) in [4.78, 5) is 21.8. The van der Waals surface area contributed by atoms with Gasteiger partial charge in [-0.25, -0.2) is 0 Å². The fourth-order valence-electron chi connectivity index (χ4n) is 1.49. The van der Waals surface area contributed by atoms with Crippen LogP contribution in [0, 0.1) is 0 Å². The van der Waals surface area contributed by atoms with Crippen LogP contribution in [0.1, 0.15) is 12.0 Å². The van der Waals surface area contributed by atoms with Crippen molar-refractivity contribution >= 4 is 18.0 Å². The van der Waals surface area contributed by atoms with E-state index in [2.05, 4.69) is 5.32 Å². The maximum Gasteiger partial charge on any atom is 0.305 e. The molecule has 108 valence electrons. The number of methoxy groups -OCH3 is 2. The molecule has 0 fully saturated rings. The van der Waals surface area contributed by atoms with Gasteiger partial charge in [0.2, 0.25) is 5.91 Å². The predicted octanol–water partition coefficient (Wildman–Crippen LogP) is 1.31. The Labute approximate surface area is 117 Å². The van der Waals surface area contributed by atoms with Crippen molar-refractivity contribution in [2.24, 2.45) is 0 Å². The van der Waals surface area contributed by atoms with Gasteiger partial charge < -0.3 is 19.9 Å². The molecule has 6 heteroatoms. The molecule has 0 saturated carbocycles. The van der Waals surface area contributed by atoms with E-state index < -0.39 is 5.97 Å². The number of nitrogens with one attached hydrogen (secondary N) is 1. The van der Waals surface area contributed by atoms with Crippen LogP contribution in [0.2, 0.25) is 0 Å². The lowest BCUT2D eigenvalue weighted by molar-refractivity contribution is -0.136. The molecule has 0 saturated heterocycles. The Morgan fingerprint density at radius 1 is 1.30 bits per heavy atom. The zero-order chi connectivity index (χ0) is 15.0. The van der Waals surface area contributed by atoms with Crippen LogP contribution in [0.3, 0.4) is 0 Å². The lowest BCUT2D eigenvalue weighted by atomic mass is 10.1. The molecule has 0 radical (unpaired) electrons. The molecule has 1 aromatic rings. The number of carbonyl (C=O) groups excluding carboxylic acids is 1. The number of ether oxygens (including phenoxy) is 2. The molecule has 6 nitrogen and oxygen atoms in total. The van der Waals surface area contributed by atoms with Crippen molar-refractivity contribution < 1.29 is 24.2 Å². The molecule has 1 amide bonds. The summed E-state index contributed by atoms with van der Waals surface area (Å²) in [7, 11) is 3.08. The molecule has 20 heavy (non-hydrogen) atoms. The summed E-state index contributed by atoms with van der Waals surface area (Å²) >= 11 is 0. The quantitative estimate of drug-likeness (QED) is 0.735. The molecular formula is C14H17NO5. The van der Waals surface area contributed by atoms with Crippen LogP contribution in [0.5, 0.6) is 11.5 Å². The Kier molecular flexibility index (Phi) is 6.09. The van der Waals surface area contributed by atoms with E-state index in [4.69, 9.17) is 14.6 Å². The fourth-order valence-corrected chi connectivity index (χ4v) is 1.49. The first kappa shape index (κ1) is 15.6. The fraction of sp³-hybridized carbons (Fsp3) is 0.286. The first-order valence-corrected chi connectivity index (χ1v) is 5.96. The molecular weight excluding hydrogens is 262 g/mol. The van der Waals surface area contributed by atoms with Gasteiger partial charge in [0.1, 0.15) is 11.5 Å². The highest BCUT2D eigenvalue weighted by Gasteiger charge is 2.03. The van der Waals surface area contributed by atoms with Crippen molar-refractivity contribution in [2.75, 3.05) is 20.8 Å². The van der Waals surface area contributed by atoms with E-state index in [0.29, 0.717) is 17.1 Å². The van der Waals surface area contributed by atoms with Crippen LogP contribution in [0.15, 0.2) is 24.3 Å². The summed E-state index contributed by atoms with van der Waals surface area (Å²) in [5, 5.41) is 10.9. The topological polar surface area (TPSA) is 84.9 Å². The molecule has 0 spiro atoms. The van der Waals surface area contributed by atoms with E-state index in [-0.39, 0.29) is 18.9 Å². The number of aliphatic carboxylic acids is 1. The minimum absolute atomic E-state index is 0.0910. The van der Waals surface area contributed by atoms with E-state index in [9.17, 15) is 9.59 Å². The molecule has 0 atom stereocenters. The van der Waals surface area contributed by atoms with E-state index in [1.165, 1.54) is 13.2 Å². The second-order valence-electron chi connectivity index (χ2n) is 3.88. The summed E-state index contributed by atoms with van der Waals surface area (Å²) < 4.78 is 10.3. The minimum atomic E-state index is -0.955. The lowest BCUT2D eigenvalue weighted by Gasteiger charge is -2.07. The predicted molar refractivity (Wildman–Crippen MR) is 73.8 cm³/mol. The van der Waals surface area contributed by atoms with E-state index in [1.54, 1.807) is 31.4 Å². The molecule has 0 aliphatic carbocycles. The summed E-state index contributed by atoms with van der Waals surface area (Å²) in [5.41, 5.74) is 0.695. The molecule has 0 heterocycles. The Morgan fingerprint density at radius 3 is 2.65 bits per heavy atom. The number of hydrogen-bond acceptors (Lipinski definition) is 4. The largest absolute Gasteiger partial charge is 0.497 e. The Balaban J connectivity index is 2.68. The van der Waals surface area contributed by atoms with E-state index >= 15 is 0 Å². The summed E-state index contributed by atoms with van der Waals surface area (Å²) in [5.74, 6) is -0.0583. The van der Waals surface area contributed by atoms with Crippen molar-refractivity contribution in [1.29, 1.82) is 0 Å². The van der Waals surface area contributed by atoms with Crippen LogP contribution in [0.4, 0.5) is 0 Å². The molecule has 0 aromatic heterocycles. The van der Waals surface area contributed by atoms with Crippen LogP contribution < -0.4 is 14.8 Å². The van der Waals surface area contributed by atoms with Crippen molar-refractivity contribution in [2.45, 2.75) is 6.42 Å². The number of benzene rings is 1. The van der Waals surface area contributed by atoms with Crippen molar-refractivity contribution in [3.63, 3.8) is 0 Å². The molecule has 0 aliphatic heterocycles. The molecule has 1 rings (SSSR count). The maximum absolute atomic E-state index is 11.5. The summed E-state index contributed by atoms with van der Waals surface area (Å²) in [6.07, 6.45) is 2.79. The normalized spacial score (nSPS) is 10.3. The number of amides is 1. The van der Waals surface area contributed by atoms with Crippen molar-refractivity contribution in [1.82, 2.24) is 5.32 Å². The number of carboxylic acid groups (broad SMARTS) is 1. The molecule has 2 N–H and O–H groups in total. The molecule has 1 aromatic carbocycles. The van der Waals surface area contributed by atoms with Gasteiger partial charge in [0.05, 0.1) is 20.6 Å². The van der Waals surface area contributed by atoms with Gasteiger partial charge in [0.15, 0.2) is 0 Å². The van der Waals surface area contributed by atoms with Crippen molar-refractivity contribution in [3.05, 3.63) is 29.8 Å². The average Bonchev–Trinajstić information content (AvgIpc) is 2.44. The highest BCUT2D eigenvalue weighted by atomic mass is 16.5. The van der Waals surface area contributed by atoms with Crippen molar-refractivity contribution in [3.8, 4) is 11.5 Å². The van der Waals surface area contributed by atoms with Gasteiger partial charge in [-0.1, -0.05) is 0 Å². The number of carbonyl (C=O) groups is 2. The van der Waals surface area contributed by atoms with E-state index in [0.717, 1.165) is 0 Å². The zero-order valence-electron chi connectivity index (χ0n) is 11.4. The highest BCUT2D eigenvalue weighted by Crippen LogP contribution is 2.24. The zero-order valence-corrected chi connectivity index (χ0v) is 11.4. The number of hydrogen-bond donors (Lipinski definition) is 2. The lowest BCUT2D eigenvalue weighted by Crippen LogP contribution is -2.23. The third kappa shape index (κ3) is 5.01. The monoisotopic (exact) mass is 279 g/mol. The Hall–Kier alpha value is -2.50. The van der Waals surface area contributed by atoms with Crippen LogP contribution in [-0.4, -0.2) is 37.7 Å². The first-order chi connectivity index (χ1) is 9.56. The smallest absolute Gasteiger partial charge is 0.305 e. The molecule has 0 aliphatic rings. The SMILES string of the molecule is COc1ccc(OC)c(/C=C/C(=O)NCCC(=O)O)c1. The number of carboxylic acids is 1. The molecule has 0 bridgehead atoms. The van der Waals surface area contributed by atoms with Gasteiger partial charge in [-0.15, -0.1) is 0 Å². The van der Waals surface area contributed by atoms with Gasteiger partial charge in [-0.05, 0) is 24.3 Å². The van der Waals surface area contributed by atoms with Crippen LogP contribution in [-0.2, 0) is 9.59 Å². The standard InChI is InChI=1S/C14H17NO5/c1-19-11-4-5-12(20-2)10(9-11)3-6-13(16)15-8-7-14(17)18/h3-6,9H,7-8H2,1-2H3,(H,15,16)(H,17,18)/b6-3+. The summed E-state index contributed by atoms with van der Waals surface area (Å²) in [6.45, 7) is 0.0910. The second kappa shape index (κ2) is 7.83. The van der Waals surface area contributed by atoms with Crippen LogP contribution in [0.25, 0.3) is 6.08 Å². The van der Waals surface area contributed by atoms with Gasteiger partial charge in [-0.3, -0.25) is 9.59 Å². The van der Waals surface area contributed by atoms with Gasteiger partial charge in [0.25, 0.3) is 0 Å². The Morgan fingerprint density at radius 2 is 2.05 bits per heavy atom. The van der Waals surface area contributed by atoms with Gasteiger partial charge in [0, 0.05) is 18.2 Å². The minimum Gasteiger partial charge on any atom is -0.497 e. The third-order valence-corrected chi connectivity index (χ3v) is 2.49. The van der Waals surface area contributed by atoms with Crippen LogP contribution >= 0.6 is 0 Å². The van der Waals surface area contributed by atoms with Gasteiger partial charge >= 0.3 is 5.97 Å². The molecule has 0 unspecified atom stereocenters. The van der Waals surface area contributed by atoms with E-state index in [1.807, 2.05) is 0 Å². The highest BCUT2D eigenvalue weighted by molar-refractivity contribution is 5.92.